The maximum Gasteiger partial charge on any atom is 0.227 e. The fourth-order valence-electron chi connectivity index (χ4n) is 3.85. The molecule has 4 rings (SSSR count). The monoisotopic (exact) mass is 371 g/mol. The maximum atomic E-state index is 13.5. The zero-order chi connectivity index (χ0) is 18.6. The third kappa shape index (κ3) is 3.91. The molecule has 7 heteroatoms. The molecule has 0 saturated carbocycles. The van der Waals surface area contributed by atoms with Crippen molar-refractivity contribution in [2.75, 3.05) is 61.1 Å². The molecular weight excluding hydrogens is 345 g/mol. The Balaban J connectivity index is 1.43. The highest BCUT2D eigenvalue weighted by Gasteiger charge is 2.22. The zero-order valence-corrected chi connectivity index (χ0v) is 15.8. The summed E-state index contributed by atoms with van der Waals surface area (Å²) < 4.78 is 18.8. The fourth-order valence-corrected chi connectivity index (χ4v) is 3.85. The van der Waals surface area contributed by atoms with Crippen LogP contribution in [0.4, 0.5) is 21.8 Å². The van der Waals surface area contributed by atoms with Gasteiger partial charge in [0.25, 0.3) is 0 Å². The summed E-state index contributed by atoms with van der Waals surface area (Å²) in [6.45, 7) is 5.48. The maximum absolute atomic E-state index is 13.5. The van der Waals surface area contributed by atoms with Gasteiger partial charge in [-0.25, -0.2) is 9.37 Å². The van der Waals surface area contributed by atoms with Crippen LogP contribution in [0.1, 0.15) is 19.3 Å². The van der Waals surface area contributed by atoms with Crippen LogP contribution in [0.5, 0.6) is 5.75 Å². The molecular formula is C20H26FN5O. The average molecular weight is 371 g/mol. The number of anilines is 3. The van der Waals surface area contributed by atoms with Gasteiger partial charge in [0.2, 0.25) is 5.95 Å². The largest absolute Gasteiger partial charge is 0.494 e. The minimum atomic E-state index is -0.277. The molecule has 144 valence electrons. The second-order valence-corrected chi connectivity index (χ2v) is 7.05. The molecule has 2 aliphatic heterocycles. The van der Waals surface area contributed by atoms with E-state index in [1.54, 1.807) is 13.2 Å². The highest BCUT2D eigenvalue weighted by molar-refractivity contribution is 5.60. The van der Waals surface area contributed by atoms with E-state index >= 15 is 0 Å². The van der Waals surface area contributed by atoms with Crippen LogP contribution in [0.3, 0.4) is 0 Å². The van der Waals surface area contributed by atoms with Gasteiger partial charge in [0.05, 0.1) is 12.8 Å². The van der Waals surface area contributed by atoms with E-state index in [0.29, 0.717) is 5.75 Å². The molecule has 1 aromatic carbocycles. The first-order chi connectivity index (χ1) is 13.2. The van der Waals surface area contributed by atoms with Gasteiger partial charge in [-0.1, -0.05) is 0 Å². The molecule has 0 atom stereocenters. The first kappa shape index (κ1) is 17.8. The molecule has 0 N–H and O–H groups in total. The zero-order valence-electron chi connectivity index (χ0n) is 15.8. The number of benzene rings is 1. The van der Waals surface area contributed by atoms with E-state index in [9.17, 15) is 4.39 Å². The van der Waals surface area contributed by atoms with Crippen molar-refractivity contribution in [1.29, 1.82) is 0 Å². The van der Waals surface area contributed by atoms with Crippen molar-refractivity contribution < 1.29 is 9.13 Å². The number of hydrogen-bond donors (Lipinski definition) is 0. The molecule has 2 aromatic rings. The van der Waals surface area contributed by atoms with Gasteiger partial charge < -0.3 is 19.4 Å². The van der Waals surface area contributed by atoms with Gasteiger partial charge in [-0.3, -0.25) is 0 Å². The third-order valence-electron chi connectivity index (χ3n) is 5.35. The van der Waals surface area contributed by atoms with Crippen LogP contribution in [0.25, 0.3) is 0 Å². The van der Waals surface area contributed by atoms with Crippen LogP contribution < -0.4 is 19.4 Å². The number of aromatic nitrogens is 2. The highest BCUT2D eigenvalue weighted by atomic mass is 19.1. The van der Waals surface area contributed by atoms with E-state index in [4.69, 9.17) is 9.72 Å². The molecule has 0 amide bonds. The number of hydrogen-bond acceptors (Lipinski definition) is 6. The normalized spacial score (nSPS) is 17.9. The molecule has 2 fully saturated rings. The molecule has 0 unspecified atom stereocenters. The summed E-state index contributed by atoms with van der Waals surface area (Å²) >= 11 is 0. The number of rotatable bonds is 4. The van der Waals surface area contributed by atoms with Crippen molar-refractivity contribution in [3.05, 3.63) is 36.3 Å². The van der Waals surface area contributed by atoms with Gasteiger partial charge >= 0.3 is 0 Å². The smallest absolute Gasteiger partial charge is 0.227 e. The van der Waals surface area contributed by atoms with Crippen molar-refractivity contribution in [2.45, 2.75) is 19.3 Å². The van der Waals surface area contributed by atoms with Crippen LogP contribution >= 0.6 is 0 Å². The van der Waals surface area contributed by atoms with E-state index in [1.165, 1.54) is 31.4 Å². The lowest BCUT2D eigenvalue weighted by atomic mass is 10.1. The summed E-state index contributed by atoms with van der Waals surface area (Å²) in [5.41, 5.74) is 0.940. The van der Waals surface area contributed by atoms with Gasteiger partial charge in [0, 0.05) is 51.5 Å². The fraction of sp³-hybridized carbons (Fsp3) is 0.500. The molecule has 3 heterocycles. The molecule has 2 aliphatic rings. The Hall–Kier alpha value is -2.57. The minimum absolute atomic E-state index is 0.277. The van der Waals surface area contributed by atoms with Crippen molar-refractivity contribution in [3.8, 4) is 5.75 Å². The summed E-state index contributed by atoms with van der Waals surface area (Å²) in [5, 5.41) is 0. The van der Waals surface area contributed by atoms with Gasteiger partial charge in [-0.05, 0) is 37.5 Å². The first-order valence-corrected chi connectivity index (χ1v) is 9.66. The van der Waals surface area contributed by atoms with Crippen LogP contribution in [0, 0.1) is 5.82 Å². The van der Waals surface area contributed by atoms with Crippen LogP contribution in [0.2, 0.25) is 0 Å². The Labute approximate surface area is 159 Å². The topological polar surface area (TPSA) is 44.7 Å². The first-order valence-electron chi connectivity index (χ1n) is 9.66. The molecule has 0 aliphatic carbocycles. The van der Waals surface area contributed by atoms with Gasteiger partial charge in [0.1, 0.15) is 17.4 Å². The SMILES string of the molecule is COc1cc(F)ccc1N1CCN(c2ccnc(N3CCCCC3)n2)CC1. The van der Waals surface area contributed by atoms with Gasteiger partial charge in [0.15, 0.2) is 0 Å². The second kappa shape index (κ2) is 7.98. The van der Waals surface area contributed by atoms with E-state index < -0.39 is 0 Å². The van der Waals surface area contributed by atoms with E-state index in [-0.39, 0.29) is 5.82 Å². The van der Waals surface area contributed by atoms with Crippen LogP contribution in [-0.4, -0.2) is 56.3 Å². The Kier molecular flexibility index (Phi) is 5.27. The number of piperidine rings is 1. The third-order valence-corrected chi connectivity index (χ3v) is 5.35. The Morgan fingerprint density at radius 1 is 0.889 bits per heavy atom. The Bertz CT molecular complexity index is 773. The number of halogens is 1. The van der Waals surface area contributed by atoms with Gasteiger partial charge in [-0.15, -0.1) is 0 Å². The number of nitrogens with zero attached hydrogens (tertiary/aromatic N) is 5. The van der Waals surface area contributed by atoms with Crippen molar-refractivity contribution in [2.24, 2.45) is 0 Å². The number of methoxy groups -OCH3 is 1. The lowest BCUT2D eigenvalue weighted by Crippen LogP contribution is -2.47. The summed E-state index contributed by atoms with van der Waals surface area (Å²) in [5.74, 6) is 2.13. The van der Waals surface area contributed by atoms with E-state index in [0.717, 1.165) is 56.7 Å². The number of piperazine rings is 1. The highest BCUT2D eigenvalue weighted by Crippen LogP contribution is 2.30. The summed E-state index contributed by atoms with van der Waals surface area (Å²) in [6.07, 6.45) is 5.59. The standard InChI is InChI=1S/C20H26FN5O/c1-27-18-15-16(21)5-6-17(18)24-11-13-25(14-12-24)19-7-8-22-20(23-19)26-9-3-2-4-10-26/h5-8,15H,2-4,9-14H2,1H3. The number of ether oxygens (including phenoxy) is 1. The van der Waals surface area contributed by atoms with Crippen molar-refractivity contribution >= 4 is 17.5 Å². The Morgan fingerprint density at radius 2 is 1.63 bits per heavy atom. The summed E-state index contributed by atoms with van der Waals surface area (Å²) in [6, 6.07) is 6.71. The lowest BCUT2D eigenvalue weighted by Gasteiger charge is -2.37. The van der Waals surface area contributed by atoms with Crippen molar-refractivity contribution in [3.63, 3.8) is 0 Å². The predicted molar refractivity (Wildman–Crippen MR) is 105 cm³/mol. The quantitative estimate of drug-likeness (QED) is 0.823. The van der Waals surface area contributed by atoms with Gasteiger partial charge in [-0.2, -0.15) is 4.98 Å². The van der Waals surface area contributed by atoms with Crippen LogP contribution in [0.15, 0.2) is 30.5 Å². The minimum Gasteiger partial charge on any atom is -0.494 e. The molecule has 0 bridgehead atoms. The predicted octanol–water partition coefficient (Wildman–Crippen LogP) is 2.94. The second-order valence-electron chi connectivity index (χ2n) is 7.05. The summed E-state index contributed by atoms with van der Waals surface area (Å²) in [7, 11) is 1.58. The lowest BCUT2D eigenvalue weighted by molar-refractivity contribution is 0.410. The summed E-state index contributed by atoms with van der Waals surface area (Å²) in [4.78, 5) is 16.1. The van der Waals surface area contributed by atoms with E-state index in [1.807, 2.05) is 12.3 Å². The molecule has 2 saturated heterocycles. The molecule has 0 radical (unpaired) electrons. The molecule has 1 aromatic heterocycles. The van der Waals surface area contributed by atoms with E-state index in [2.05, 4.69) is 19.7 Å². The van der Waals surface area contributed by atoms with Crippen molar-refractivity contribution in [1.82, 2.24) is 9.97 Å². The molecule has 27 heavy (non-hydrogen) atoms. The molecule has 0 spiro atoms. The average Bonchev–Trinajstić information content (AvgIpc) is 2.74. The van der Waals surface area contributed by atoms with Crippen LogP contribution in [-0.2, 0) is 0 Å². The molecule has 6 nitrogen and oxygen atoms in total. The Morgan fingerprint density at radius 3 is 2.37 bits per heavy atom.